The summed E-state index contributed by atoms with van der Waals surface area (Å²) in [4.78, 5) is 35.9. The number of benzene rings is 1. The van der Waals surface area contributed by atoms with Crippen LogP contribution in [-0.2, 0) is 22.4 Å². The summed E-state index contributed by atoms with van der Waals surface area (Å²) < 4.78 is 5.00. The van der Waals surface area contributed by atoms with Crippen molar-refractivity contribution in [3.63, 3.8) is 0 Å². The summed E-state index contributed by atoms with van der Waals surface area (Å²) >= 11 is 1.38. The van der Waals surface area contributed by atoms with Crippen LogP contribution in [0.5, 0.6) is 0 Å². The monoisotopic (exact) mass is 399 g/mol. The minimum atomic E-state index is -0.817. The Morgan fingerprint density at radius 3 is 2.82 bits per heavy atom. The Labute approximate surface area is 164 Å². The van der Waals surface area contributed by atoms with Gasteiger partial charge in [-0.2, -0.15) is 5.26 Å². The number of carbonyl (C=O) groups is 2. The van der Waals surface area contributed by atoms with Gasteiger partial charge in [0.25, 0.3) is 11.6 Å². The van der Waals surface area contributed by atoms with Gasteiger partial charge in [-0.3, -0.25) is 14.9 Å². The summed E-state index contributed by atoms with van der Waals surface area (Å²) in [6, 6.07) is 6.23. The van der Waals surface area contributed by atoms with E-state index in [9.17, 15) is 25.0 Å². The van der Waals surface area contributed by atoms with Gasteiger partial charge in [-0.25, -0.2) is 4.79 Å². The molecule has 3 rings (SSSR count). The third kappa shape index (κ3) is 3.87. The normalized spacial score (nSPS) is 12.6. The van der Waals surface area contributed by atoms with Crippen LogP contribution in [-0.4, -0.2) is 23.4 Å². The van der Waals surface area contributed by atoms with Crippen LogP contribution in [0.4, 0.5) is 10.7 Å². The van der Waals surface area contributed by atoms with E-state index in [2.05, 4.69) is 11.4 Å². The largest absolute Gasteiger partial charge is 0.452 e. The molecule has 0 saturated carbocycles. The predicted octanol–water partition coefficient (Wildman–Crippen LogP) is 3.51. The summed E-state index contributed by atoms with van der Waals surface area (Å²) in [5.74, 6) is -1.38. The lowest BCUT2D eigenvalue weighted by atomic mass is 9.96. The first kappa shape index (κ1) is 19.5. The fourth-order valence-electron chi connectivity index (χ4n) is 3.19. The van der Waals surface area contributed by atoms with E-state index in [0.717, 1.165) is 36.1 Å². The van der Waals surface area contributed by atoms with E-state index in [0.29, 0.717) is 10.6 Å². The number of rotatable bonds is 5. The number of carbonyl (C=O) groups excluding carboxylic acids is 2. The third-order valence-corrected chi connectivity index (χ3v) is 5.80. The fraction of sp³-hybridized carbons (Fsp3) is 0.316. The van der Waals surface area contributed by atoms with Crippen LogP contribution in [0.25, 0.3) is 0 Å². The molecule has 8 nitrogen and oxygen atoms in total. The fourth-order valence-corrected chi connectivity index (χ4v) is 4.44. The predicted molar refractivity (Wildman–Crippen MR) is 102 cm³/mol. The van der Waals surface area contributed by atoms with Gasteiger partial charge in [0.2, 0.25) is 0 Å². The summed E-state index contributed by atoms with van der Waals surface area (Å²) in [7, 11) is 0. The van der Waals surface area contributed by atoms with Crippen molar-refractivity contribution in [1.82, 2.24) is 0 Å². The molecular weight excluding hydrogens is 382 g/mol. The molecule has 1 aromatic carbocycles. The van der Waals surface area contributed by atoms with E-state index in [1.165, 1.54) is 36.5 Å². The molecule has 1 aliphatic carbocycles. The van der Waals surface area contributed by atoms with Crippen LogP contribution in [0.15, 0.2) is 18.2 Å². The average Bonchev–Trinajstić information content (AvgIpc) is 3.02. The standard InChI is InChI=1S/C19H17N3O5S/c1-11-12(6-4-7-15(11)22(25)26)19(24)27-10-17(23)21-18-14(9-20)13-5-2-3-8-16(13)28-18/h4,6-7H,2-3,5,8,10H2,1H3,(H,21,23). The van der Waals surface area contributed by atoms with Crippen LogP contribution < -0.4 is 5.32 Å². The number of thiophene rings is 1. The third-order valence-electron chi connectivity index (χ3n) is 4.59. The van der Waals surface area contributed by atoms with Crippen LogP contribution in [0.2, 0.25) is 0 Å². The Morgan fingerprint density at radius 2 is 2.11 bits per heavy atom. The molecule has 0 atom stereocenters. The zero-order chi connectivity index (χ0) is 20.3. The van der Waals surface area contributed by atoms with Gasteiger partial charge in [-0.15, -0.1) is 11.3 Å². The van der Waals surface area contributed by atoms with E-state index in [1.54, 1.807) is 0 Å². The van der Waals surface area contributed by atoms with Crippen molar-refractivity contribution < 1.29 is 19.2 Å². The van der Waals surface area contributed by atoms with Crippen LogP contribution >= 0.6 is 11.3 Å². The number of hydrogen-bond donors (Lipinski definition) is 1. The van der Waals surface area contributed by atoms with Gasteiger partial charge < -0.3 is 10.1 Å². The van der Waals surface area contributed by atoms with Crippen LogP contribution in [0.3, 0.4) is 0 Å². The van der Waals surface area contributed by atoms with Crippen molar-refractivity contribution in [2.75, 3.05) is 11.9 Å². The summed E-state index contributed by atoms with van der Waals surface area (Å²) in [6.45, 7) is 0.901. The molecule has 9 heteroatoms. The summed E-state index contributed by atoms with van der Waals surface area (Å²) in [6.07, 6.45) is 3.80. The maximum absolute atomic E-state index is 12.2. The van der Waals surface area contributed by atoms with Crippen molar-refractivity contribution in [1.29, 1.82) is 5.26 Å². The molecule has 28 heavy (non-hydrogen) atoms. The van der Waals surface area contributed by atoms with E-state index < -0.39 is 23.4 Å². The number of nitriles is 1. The first-order valence-corrected chi connectivity index (χ1v) is 9.49. The molecule has 0 aliphatic heterocycles. The Bertz CT molecular complexity index is 1010. The van der Waals surface area contributed by atoms with E-state index in [-0.39, 0.29) is 16.8 Å². The molecule has 1 aromatic heterocycles. The highest BCUT2D eigenvalue weighted by Gasteiger charge is 2.23. The zero-order valence-electron chi connectivity index (χ0n) is 15.1. The number of hydrogen-bond acceptors (Lipinski definition) is 7. The molecule has 144 valence electrons. The van der Waals surface area contributed by atoms with E-state index in [4.69, 9.17) is 4.74 Å². The number of ether oxygens (including phenoxy) is 1. The van der Waals surface area contributed by atoms with Gasteiger partial charge in [-0.1, -0.05) is 6.07 Å². The number of nitro groups is 1. The molecule has 0 radical (unpaired) electrons. The molecule has 0 fully saturated rings. The summed E-state index contributed by atoms with van der Waals surface area (Å²) in [5, 5.41) is 23.5. The number of nitro benzene ring substituents is 1. The molecule has 1 heterocycles. The Hall–Kier alpha value is -3.25. The molecule has 1 amide bonds. The number of fused-ring (bicyclic) bond motifs is 1. The number of aryl methyl sites for hydroxylation is 1. The first-order chi connectivity index (χ1) is 13.4. The summed E-state index contributed by atoms with van der Waals surface area (Å²) in [5.41, 5.74) is 1.50. The Morgan fingerprint density at radius 1 is 1.36 bits per heavy atom. The van der Waals surface area contributed by atoms with Crippen molar-refractivity contribution in [2.45, 2.75) is 32.6 Å². The van der Waals surface area contributed by atoms with Crippen LogP contribution in [0, 0.1) is 28.4 Å². The second-order valence-corrected chi connectivity index (χ2v) is 7.46. The first-order valence-electron chi connectivity index (χ1n) is 8.68. The van der Waals surface area contributed by atoms with E-state index in [1.807, 2.05) is 0 Å². The number of nitrogens with zero attached hydrogens (tertiary/aromatic N) is 2. The van der Waals surface area contributed by atoms with Crippen molar-refractivity contribution in [3.05, 3.63) is 55.4 Å². The van der Waals surface area contributed by atoms with Crippen molar-refractivity contribution in [2.24, 2.45) is 0 Å². The van der Waals surface area contributed by atoms with Gasteiger partial charge in [0.15, 0.2) is 6.61 Å². The van der Waals surface area contributed by atoms with Gasteiger partial charge in [0.1, 0.15) is 11.1 Å². The van der Waals surface area contributed by atoms with E-state index >= 15 is 0 Å². The zero-order valence-corrected chi connectivity index (χ0v) is 15.9. The number of amides is 1. The molecule has 0 saturated heterocycles. The lowest BCUT2D eigenvalue weighted by Crippen LogP contribution is -2.21. The minimum absolute atomic E-state index is 0.0336. The van der Waals surface area contributed by atoms with Crippen molar-refractivity contribution in [3.8, 4) is 6.07 Å². The minimum Gasteiger partial charge on any atom is -0.452 e. The topological polar surface area (TPSA) is 122 Å². The molecule has 1 aliphatic rings. The lowest BCUT2D eigenvalue weighted by molar-refractivity contribution is -0.385. The SMILES string of the molecule is Cc1c(C(=O)OCC(=O)Nc2sc3c(c2C#N)CCCC3)cccc1[N+](=O)[O-]. The van der Waals surface area contributed by atoms with Crippen molar-refractivity contribution >= 4 is 33.9 Å². The molecule has 0 spiro atoms. The molecule has 0 bridgehead atoms. The second-order valence-electron chi connectivity index (χ2n) is 6.36. The van der Waals surface area contributed by atoms with Gasteiger partial charge in [-0.05, 0) is 44.2 Å². The maximum Gasteiger partial charge on any atom is 0.339 e. The number of anilines is 1. The quantitative estimate of drug-likeness (QED) is 0.466. The highest BCUT2D eigenvalue weighted by molar-refractivity contribution is 7.16. The average molecular weight is 399 g/mol. The Kier molecular flexibility index (Phi) is 5.70. The highest BCUT2D eigenvalue weighted by Crippen LogP contribution is 2.37. The molecular formula is C19H17N3O5S. The Balaban J connectivity index is 1.66. The maximum atomic E-state index is 12.2. The number of nitrogens with one attached hydrogen (secondary N) is 1. The molecule has 2 aromatic rings. The molecule has 0 unspecified atom stereocenters. The van der Waals surface area contributed by atoms with Gasteiger partial charge >= 0.3 is 5.97 Å². The number of esters is 1. The smallest absolute Gasteiger partial charge is 0.339 e. The molecule has 1 N–H and O–H groups in total. The van der Waals surface area contributed by atoms with Gasteiger partial charge in [0.05, 0.1) is 16.1 Å². The second kappa shape index (κ2) is 8.19. The van der Waals surface area contributed by atoms with Crippen LogP contribution in [0.1, 0.15) is 44.8 Å². The van der Waals surface area contributed by atoms with Gasteiger partial charge in [0, 0.05) is 16.5 Å². The lowest BCUT2D eigenvalue weighted by Gasteiger charge is -2.09. The highest BCUT2D eigenvalue weighted by atomic mass is 32.1.